The minimum absolute atomic E-state index is 0.251. The number of carbonyl (C=O) groups excluding carboxylic acids is 1. The molecule has 1 amide bonds. The van der Waals surface area contributed by atoms with Crippen molar-refractivity contribution in [3.05, 3.63) is 45.9 Å². The summed E-state index contributed by atoms with van der Waals surface area (Å²) in [5.41, 5.74) is 3.97. The van der Waals surface area contributed by atoms with Crippen molar-refractivity contribution >= 4 is 22.9 Å². The number of anilines is 1. The van der Waals surface area contributed by atoms with E-state index in [1.54, 1.807) is 17.5 Å². The van der Waals surface area contributed by atoms with Gasteiger partial charge in [-0.25, -0.2) is 4.98 Å². The fourth-order valence-corrected chi connectivity index (χ4v) is 3.64. The maximum atomic E-state index is 12.3. The lowest BCUT2D eigenvalue weighted by molar-refractivity contribution is -0.131. The minimum atomic E-state index is 0.251. The Morgan fingerprint density at radius 2 is 2.00 bits per heavy atom. The lowest BCUT2D eigenvalue weighted by Crippen LogP contribution is -2.49. The van der Waals surface area contributed by atoms with Crippen molar-refractivity contribution in [3.63, 3.8) is 0 Å². The Morgan fingerprint density at radius 3 is 2.70 bits per heavy atom. The maximum absolute atomic E-state index is 12.3. The number of nitrogens with zero attached hydrogens (tertiary/aromatic N) is 3. The van der Waals surface area contributed by atoms with Crippen LogP contribution in [0, 0.1) is 13.8 Å². The van der Waals surface area contributed by atoms with Gasteiger partial charge >= 0.3 is 0 Å². The van der Waals surface area contributed by atoms with Crippen molar-refractivity contribution in [3.8, 4) is 0 Å². The van der Waals surface area contributed by atoms with Crippen LogP contribution < -0.4 is 4.90 Å². The van der Waals surface area contributed by atoms with E-state index in [1.165, 1.54) is 16.8 Å². The number of aromatic nitrogens is 1. The molecule has 0 aliphatic carbocycles. The minimum Gasteiger partial charge on any atom is -0.368 e. The first-order chi connectivity index (χ1) is 11.1. The summed E-state index contributed by atoms with van der Waals surface area (Å²) in [4.78, 5) is 21.0. The molecule has 0 bridgehead atoms. The van der Waals surface area contributed by atoms with Crippen LogP contribution in [0.4, 0.5) is 5.69 Å². The maximum Gasteiger partial charge on any atom is 0.223 e. The third-order valence-electron chi connectivity index (χ3n) is 4.59. The summed E-state index contributed by atoms with van der Waals surface area (Å²) in [6.07, 6.45) is 3.12. The van der Waals surface area contributed by atoms with E-state index in [1.807, 2.05) is 10.3 Å². The fourth-order valence-electron chi connectivity index (χ4n) is 3.02. The van der Waals surface area contributed by atoms with Crippen LogP contribution in [0.3, 0.4) is 0 Å². The molecule has 23 heavy (non-hydrogen) atoms. The number of hydrogen-bond acceptors (Lipinski definition) is 4. The van der Waals surface area contributed by atoms with E-state index in [0.29, 0.717) is 6.42 Å². The van der Waals surface area contributed by atoms with Gasteiger partial charge in [-0.15, -0.1) is 11.3 Å². The molecule has 1 saturated heterocycles. The number of aryl methyl sites for hydroxylation is 2. The zero-order valence-electron chi connectivity index (χ0n) is 13.8. The van der Waals surface area contributed by atoms with Crippen molar-refractivity contribution in [1.82, 2.24) is 9.88 Å². The van der Waals surface area contributed by atoms with Crippen LogP contribution >= 0.6 is 11.3 Å². The third-order valence-corrected chi connectivity index (χ3v) is 5.42. The largest absolute Gasteiger partial charge is 0.368 e. The Hall–Kier alpha value is -1.88. The lowest BCUT2D eigenvalue weighted by Gasteiger charge is -2.37. The second kappa shape index (κ2) is 7.13. The van der Waals surface area contributed by atoms with E-state index < -0.39 is 0 Å². The molecule has 1 aromatic carbocycles. The second-order valence-corrected chi connectivity index (χ2v) is 6.99. The fraction of sp³-hybridized carbons (Fsp3) is 0.444. The Labute approximate surface area is 141 Å². The molecule has 1 aliphatic heterocycles. The monoisotopic (exact) mass is 329 g/mol. The van der Waals surface area contributed by atoms with E-state index in [2.05, 4.69) is 41.9 Å². The number of benzene rings is 1. The summed E-state index contributed by atoms with van der Waals surface area (Å²) in [5, 5.41) is 3.01. The van der Waals surface area contributed by atoms with Crippen LogP contribution in [0.5, 0.6) is 0 Å². The van der Waals surface area contributed by atoms with Gasteiger partial charge in [0.2, 0.25) is 5.91 Å². The highest BCUT2D eigenvalue weighted by Crippen LogP contribution is 2.24. The first-order valence-electron chi connectivity index (χ1n) is 8.12. The number of carbonyl (C=O) groups is 1. The number of hydrogen-bond donors (Lipinski definition) is 0. The van der Waals surface area contributed by atoms with Gasteiger partial charge in [0.05, 0.1) is 5.01 Å². The molecule has 0 unspecified atom stereocenters. The number of thiazole rings is 1. The Morgan fingerprint density at radius 1 is 1.22 bits per heavy atom. The molecule has 0 radical (unpaired) electrons. The second-order valence-electron chi connectivity index (χ2n) is 6.01. The van der Waals surface area contributed by atoms with E-state index >= 15 is 0 Å². The van der Waals surface area contributed by atoms with Crippen LogP contribution in [0.1, 0.15) is 22.6 Å². The predicted octanol–water partition coefficient (Wildman–Crippen LogP) is 3.04. The standard InChI is InChI=1S/C18H23N3OS/c1-14-4-3-5-16(15(14)2)20-9-11-21(12-10-20)18(22)7-6-17-19-8-13-23-17/h3-5,8,13H,6-7,9-12H2,1-2H3. The van der Waals surface area contributed by atoms with Crippen molar-refractivity contribution in [2.45, 2.75) is 26.7 Å². The Kier molecular flexibility index (Phi) is 4.96. The average Bonchev–Trinajstić information content (AvgIpc) is 3.09. The van der Waals surface area contributed by atoms with Gasteiger partial charge in [-0.2, -0.15) is 0 Å². The van der Waals surface area contributed by atoms with Gasteiger partial charge in [0.25, 0.3) is 0 Å². The van der Waals surface area contributed by atoms with Gasteiger partial charge in [-0.1, -0.05) is 12.1 Å². The summed E-state index contributed by atoms with van der Waals surface area (Å²) in [5.74, 6) is 0.251. The van der Waals surface area contributed by atoms with E-state index in [9.17, 15) is 4.79 Å². The van der Waals surface area contributed by atoms with Gasteiger partial charge in [-0.05, 0) is 31.0 Å². The molecule has 0 atom stereocenters. The predicted molar refractivity (Wildman–Crippen MR) is 95.1 cm³/mol. The van der Waals surface area contributed by atoms with Crippen molar-refractivity contribution in [2.75, 3.05) is 31.1 Å². The molecule has 0 N–H and O–H groups in total. The van der Waals surface area contributed by atoms with Crippen molar-refractivity contribution in [1.29, 1.82) is 0 Å². The first kappa shape index (κ1) is 16.0. The quantitative estimate of drug-likeness (QED) is 0.865. The zero-order chi connectivity index (χ0) is 16.2. The van der Waals surface area contributed by atoms with Gasteiger partial charge in [0, 0.05) is 56.3 Å². The van der Waals surface area contributed by atoms with Crippen molar-refractivity contribution in [2.24, 2.45) is 0 Å². The van der Waals surface area contributed by atoms with Gasteiger partial charge < -0.3 is 9.80 Å². The molecule has 0 spiro atoms. The highest BCUT2D eigenvalue weighted by atomic mass is 32.1. The molecule has 4 nitrogen and oxygen atoms in total. The molecule has 1 fully saturated rings. The van der Waals surface area contributed by atoms with Crippen LogP contribution in [0.2, 0.25) is 0 Å². The van der Waals surface area contributed by atoms with Crippen LogP contribution in [0.15, 0.2) is 29.8 Å². The Balaban J connectivity index is 1.53. The normalized spacial score (nSPS) is 15.0. The number of rotatable bonds is 4. The molecule has 2 aromatic rings. The number of piperazine rings is 1. The molecule has 122 valence electrons. The summed E-state index contributed by atoms with van der Waals surface area (Å²) >= 11 is 1.62. The summed E-state index contributed by atoms with van der Waals surface area (Å²) in [6.45, 7) is 7.77. The van der Waals surface area contributed by atoms with E-state index in [4.69, 9.17) is 0 Å². The third kappa shape index (κ3) is 3.72. The lowest BCUT2D eigenvalue weighted by atomic mass is 10.1. The topological polar surface area (TPSA) is 36.4 Å². The summed E-state index contributed by atoms with van der Waals surface area (Å²) in [6, 6.07) is 6.45. The molecule has 1 aromatic heterocycles. The van der Waals surface area contributed by atoms with Crippen molar-refractivity contribution < 1.29 is 4.79 Å². The zero-order valence-corrected chi connectivity index (χ0v) is 14.6. The SMILES string of the molecule is Cc1cccc(N2CCN(C(=O)CCc3nccs3)CC2)c1C. The highest BCUT2D eigenvalue weighted by Gasteiger charge is 2.22. The van der Waals surface area contributed by atoms with Gasteiger partial charge in [0.1, 0.15) is 0 Å². The summed E-state index contributed by atoms with van der Waals surface area (Å²) in [7, 11) is 0. The van der Waals surface area contributed by atoms with Gasteiger partial charge in [0.15, 0.2) is 0 Å². The summed E-state index contributed by atoms with van der Waals surface area (Å²) < 4.78 is 0. The van der Waals surface area contributed by atoms with Crippen LogP contribution in [-0.2, 0) is 11.2 Å². The van der Waals surface area contributed by atoms with E-state index in [-0.39, 0.29) is 5.91 Å². The molecule has 5 heteroatoms. The van der Waals surface area contributed by atoms with Crippen LogP contribution in [-0.4, -0.2) is 42.0 Å². The molecular weight excluding hydrogens is 306 g/mol. The Bertz CT molecular complexity index is 661. The molecule has 1 aliphatic rings. The molecule has 2 heterocycles. The molecule has 3 rings (SSSR count). The van der Waals surface area contributed by atoms with Crippen LogP contribution in [0.25, 0.3) is 0 Å². The highest BCUT2D eigenvalue weighted by molar-refractivity contribution is 7.09. The first-order valence-corrected chi connectivity index (χ1v) is 9.00. The van der Waals surface area contributed by atoms with E-state index in [0.717, 1.165) is 37.6 Å². The molecular formula is C18H23N3OS. The van der Waals surface area contributed by atoms with Gasteiger partial charge in [-0.3, -0.25) is 4.79 Å². The average molecular weight is 329 g/mol. The smallest absolute Gasteiger partial charge is 0.223 e. The number of amides is 1. The molecule has 0 saturated carbocycles.